The van der Waals surface area contributed by atoms with Gasteiger partial charge in [0.05, 0.1) is 0 Å². The number of nitrogens with one attached hydrogen (secondary N) is 1. The third-order valence-electron chi connectivity index (χ3n) is 3.40. The summed E-state index contributed by atoms with van der Waals surface area (Å²) in [4.78, 5) is 34.3. The minimum Gasteiger partial charge on any atom is -0.480 e. The lowest BCUT2D eigenvalue weighted by molar-refractivity contribution is -0.139. The van der Waals surface area contributed by atoms with Crippen LogP contribution >= 0.6 is 0 Å². The van der Waals surface area contributed by atoms with Gasteiger partial charge >= 0.3 is 5.97 Å². The molecule has 0 saturated heterocycles. The van der Waals surface area contributed by atoms with Gasteiger partial charge in [0.25, 0.3) is 5.91 Å². The second-order valence-corrected chi connectivity index (χ2v) is 5.17. The first kappa shape index (κ1) is 15.7. The molecule has 0 saturated carbocycles. The number of amides is 1. The van der Waals surface area contributed by atoms with Crippen molar-refractivity contribution in [1.82, 2.24) is 5.32 Å². The molecule has 0 heterocycles. The van der Waals surface area contributed by atoms with Crippen LogP contribution < -0.4 is 5.32 Å². The van der Waals surface area contributed by atoms with E-state index < -0.39 is 17.9 Å². The molecule has 2 aromatic rings. The van der Waals surface area contributed by atoms with Crippen molar-refractivity contribution in [3.05, 3.63) is 48.0 Å². The van der Waals surface area contributed by atoms with Crippen molar-refractivity contribution < 1.29 is 19.5 Å². The lowest BCUT2D eigenvalue weighted by Crippen LogP contribution is -2.41. The minimum atomic E-state index is -1.14. The molecule has 0 aliphatic carbocycles. The summed E-state index contributed by atoms with van der Waals surface area (Å²) in [5.74, 6) is -1.71. The minimum absolute atomic E-state index is 0.0873. The molecule has 0 aliphatic rings. The first-order valence-corrected chi connectivity index (χ1v) is 6.99. The Bertz CT molecular complexity index is 723. The summed E-state index contributed by atoms with van der Waals surface area (Å²) in [7, 11) is 0. The number of carboxylic acids is 1. The van der Waals surface area contributed by atoms with Crippen molar-refractivity contribution in [1.29, 1.82) is 0 Å². The van der Waals surface area contributed by atoms with E-state index in [1.54, 1.807) is 12.1 Å². The Hall–Kier alpha value is -2.69. The number of hydrogen-bond donors (Lipinski definition) is 2. The molecular formula is C17H17NO4. The summed E-state index contributed by atoms with van der Waals surface area (Å²) in [6.45, 7) is 1.39. The van der Waals surface area contributed by atoms with Crippen molar-refractivity contribution >= 4 is 28.4 Å². The van der Waals surface area contributed by atoms with Crippen molar-refractivity contribution in [2.45, 2.75) is 25.8 Å². The second-order valence-electron chi connectivity index (χ2n) is 5.17. The molecule has 1 amide bonds. The largest absolute Gasteiger partial charge is 0.480 e. The number of aliphatic carboxylic acids is 1. The fourth-order valence-electron chi connectivity index (χ4n) is 2.18. The topological polar surface area (TPSA) is 83.5 Å². The number of carboxylic acid groups (broad SMARTS) is 1. The van der Waals surface area contributed by atoms with Gasteiger partial charge in [-0.1, -0.05) is 30.3 Å². The van der Waals surface area contributed by atoms with E-state index in [0.717, 1.165) is 10.8 Å². The molecule has 22 heavy (non-hydrogen) atoms. The highest BCUT2D eigenvalue weighted by atomic mass is 16.4. The molecule has 0 bridgehead atoms. The Morgan fingerprint density at radius 3 is 2.41 bits per heavy atom. The van der Waals surface area contributed by atoms with Gasteiger partial charge < -0.3 is 15.2 Å². The van der Waals surface area contributed by atoms with Crippen molar-refractivity contribution in [2.24, 2.45) is 0 Å². The highest BCUT2D eigenvalue weighted by Gasteiger charge is 2.21. The molecule has 114 valence electrons. The van der Waals surface area contributed by atoms with Crippen LogP contribution in [0.1, 0.15) is 30.1 Å². The average molecular weight is 299 g/mol. The summed E-state index contributed by atoms with van der Waals surface area (Å²) in [5.41, 5.74) is 0.396. The van der Waals surface area contributed by atoms with E-state index in [1.807, 2.05) is 30.3 Å². The van der Waals surface area contributed by atoms with E-state index >= 15 is 0 Å². The molecule has 0 radical (unpaired) electrons. The Morgan fingerprint density at radius 1 is 1.09 bits per heavy atom. The van der Waals surface area contributed by atoms with Gasteiger partial charge in [0.1, 0.15) is 11.8 Å². The summed E-state index contributed by atoms with van der Waals surface area (Å²) in [6, 6.07) is 11.7. The number of fused-ring (bicyclic) bond motifs is 1. The van der Waals surface area contributed by atoms with Gasteiger partial charge in [0, 0.05) is 12.0 Å². The lowest BCUT2D eigenvalue weighted by Gasteiger charge is -2.14. The van der Waals surface area contributed by atoms with Crippen LogP contribution in [0, 0.1) is 0 Å². The first-order valence-electron chi connectivity index (χ1n) is 6.99. The van der Waals surface area contributed by atoms with Crippen LogP contribution in [0.25, 0.3) is 10.8 Å². The van der Waals surface area contributed by atoms with E-state index in [2.05, 4.69) is 5.32 Å². The SMILES string of the molecule is CC(=O)CC[C@@H](NC(=O)c1ccc2ccccc2c1)C(=O)O. The predicted octanol–water partition coefficient (Wildman–Crippen LogP) is 2.39. The molecular weight excluding hydrogens is 282 g/mol. The highest BCUT2D eigenvalue weighted by molar-refractivity contribution is 6.00. The molecule has 0 fully saturated rings. The van der Waals surface area contributed by atoms with E-state index in [0.29, 0.717) is 5.56 Å². The monoisotopic (exact) mass is 299 g/mol. The number of benzene rings is 2. The lowest BCUT2D eigenvalue weighted by atomic mass is 10.1. The van der Waals surface area contributed by atoms with E-state index in [1.165, 1.54) is 6.92 Å². The maximum atomic E-state index is 12.2. The van der Waals surface area contributed by atoms with E-state index in [9.17, 15) is 14.4 Å². The van der Waals surface area contributed by atoms with Gasteiger partial charge in [-0.2, -0.15) is 0 Å². The van der Waals surface area contributed by atoms with Crippen LogP contribution in [-0.4, -0.2) is 28.8 Å². The third-order valence-corrected chi connectivity index (χ3v) is 3.40. The number of hydrogen-bond acceptors (Lipinski definition) is 3. The van der Waals surface area contributed by atoms with Gasteiger partial charge in [-0.25, -0.2) is 4.79 Å². The van der Waals surface area contributed by atoms with Crippen LogP contribution in [0.4, 0.5) is 0 Å². The Balaban J connectivity index is 2.14. The predicted molar refractivity (Wildman–Crippen MR) is 82.8 cm³/mol. The zero-order valence-corrected chi connectivity index (χ0v) is 12.2. The molecule has 2 N–H and O–H groups in total. The molecule has 2 aromatic carbocycles. The van der Waals surface area contributed by atoms with Crippen molar-refractivity contribution in [2.75, 3.05) is 0 Å². The number of carbonyl (C=O) groups excluding carboxylic acids is 2. The fraction of sp³-hybridized carbons (Fsp3) is 0.235. The molecule has 5 heteroatoms. The zero-order chi connectivity index (χ0) is 16.1. The summed E-state index contributed by atoms with van der Waals surface area (Å²) in [5, 5.41) is 13.5. The van der Waals surface area contributed by atoms with Gasteiger partial charge in [0.15, 0.2) is 0 Å². The van der Waals surface area contributed by atoms with Crippen LogP contribution in [0.2, 0.25) is 0 Å². The maximum absolute atomic E-state index is 12.2. The van der Waals surface area contributed by atoms with Crippen LogP contribution in [0.15, 0.2) is 42.5 Å². The maximum Gasteiger partial charge on any atom is 0.326 e. The smallest absolute Gasteiger partial charge is 0.326 e. The average Bonchev–Trinajstić information content (AvgIpc) is 2.50. The van der Waals surface area contributed by atoms with Crippen molar-refractivity contribution in [3.63, 3.8) is 0 Å². The zero-order valence-electron chi connectivity index (χ0n) is 12.2. The third kappa shape index (κ3) is 3.91. The Morgan fingerprint density at radius 2 is 1.77 bits per heavy atom. The van der Waals surface area contributed by atoms with Crippen molar-refractivity contribution in [3.8, 4) is 0 Å². The molecule has 5 nitrogen and oxygen atoms in total. The molecule has 1 atom stereocenters. The summed E-state index contributed by atoms with van der Waals surface area (Å²) < 4.78 is 0. The van der Waals surface area contributed by atoms with Crippen LogP contribution in [-0.2, 0) is 9.59 Å². The van der Waals surface area contributed by atoms with Crippen LogP contribution in [0.3, 0.4) is 0 Å². The Kier molecular flexibility index (Phi) is 4.88. The van der Waals surface area contributed by atoms with Gasteiger partial charge in [-0.05, 0) is 36.2 Å². The molecule has 0 spiro atoms. The highest BCUT2D eigenvalue weighted by Crippen LogP contribution is 2.15. The number of rotatable bonds is 6. The molecule has 0 aliphatic heterocycles. The van der Waals surface area contributed by atoms with E-state index in [4.69, 9.17) is 5.11 Å². The van der Waals surface area contributed by atoms with Crippen LogP contribution in [0.5, 0.6) is 0 Å². The number of ketones is 1. The Labute approximate surface area is 127 Å². The normalized spacial score (nSPS) is 11.9. The van der Waals surface area contributed by atoms with Gasteiger partial charge in [0.2, 0.25) is 0 Å². The second kappa shape index (κ2) is 6.85. The number of Topliss-reactive ketones (excluding diaryl/α,β-unsaturated/α-hetero) is 1. The number of carbonyl (C=O) groups is 3. The molecule has 0 unspecified atom stereocenters. The van der Waals surface area contributed by atoms with Gasteiger partial charge in [-0.15, -0.1) is 0 Å². The standard InChI is InChI=1S/C17H17NO4/c1-11(19)6-9-15(17(21)22)18-16(20)14-8-7-12-4-2-3-5-13(12)10-14/h2-5,7-8,10,15H,6,9H2,1H3,(H,18,20)(H,21,22)/t15-/m1/s1. The molecule has 0 aromatic heterocycles. The molecule has 2 rings (SSSR count). The van der Waals surface area contributed by atoms with Gasteiger partial charge in [-0.3, -0.25) is 4.79 Å². The summed E-state index contributed by atoms with van der Waals surface area (Å²) >= 11 is 0. The quantitative estimate of drug-likeness (QED) is 0.858. The van der Waals surface area contributed by atoms with E-state index in [-0.39, 0.29) is 18.6 Å². The first-order chi connectivity index (χ1) is 10.5. The summed E-state index contributed by atoms with van der Waals surface area (Å²) in [6.07, 6.45) is 0.207. The fourth-order valence-corrected chi connectivity index (χ4v) is 2.18.